The first-order chi connectivity index (χ1) is 10.3. The molecule has 2 N–H and O–H groups in total. The smallest absolute Gasteiger partial charge is 0.241 e. The van der Waals surface area contributed by atoms with Crippen LogP contribution in [0.4, 0.5) is 5.69 Å². The molecule has 2 aromatic rings. The molecule has 1 unspecified atom stereocenters. The lowest BCUT2D eigenvalue weighted by Crippen LogP contribution is -2.46. The van der Waals surface area contributed by atoms with Crippen molar-refractivity contribution in [1.82, 2.24) is 4.90 Å². The molecule has 0 aliphatic heterocycles. The van der Waals surface area contributed by atoms with Gasteiger partial charge in [-0.2, -0.15) is 0 Å². The Bertz CT molecular complexity index is 661. The number of rotatable bonds is 5. The first-order valence-electron chi connectivity index (χ1n) is 7.48. The van der Waals surface area contributed by atoms with Crippen molar-refractivity contribution in [2.75, 3.05) is 18.9 Å². The van der Waals surface area contributed by atoms with E-state index in [0.717, 1.165) is 16.5 Å². The van der Waals surface area contributed by atoms with Gasteiger partial charge in [0.15, 0.2) is 0 Å². The number of amides is 1. The van der Waals surface area contributed by atoms with Gasteiger partial charge >= 0.3 is 0 Å². The zero-order valence-electron chi connectivity index (χ0n) is 13.6. The minimum atomic E-state index is -0.827. The van der Waals surface area contributed by atoms with Gasteiger partial charge in [0.2, 0.25) is 5.91 Å². The summed E-state index contributed by atoms with van der Waals surface area (Å²) in [5.41, 5.74) is -0.0427. The van der Waals surface area contributed by atoms with Crippen molar-refractivity contribution in [3.05, 3.63) is 42.5 Å². The van der Waals surface area contributed by atoms with Crippen LogP contribution in [0.15, 0.2) is 42.5 Å². The molecule has 4 nitrogen and oxygen atoms in total. The van der Waals surface area contributed by atoms with Crippen molar-refractivity contribution < 1.29 is 9.90 Å². The molecule has 0 spiro atoms. The number of aliphatic hydroxyl groups is 1. The lowest BCUT2D eigenvalue weighted by atomic mass is 10.1. The normalized spacial score (nSPS) is 13.4. The minimum absolute atomic E-state index is 0.0815. The number of likely N-dealkylation sites (N-methyl/N-ethyl adjacent to an activating group) is 1. The predicted octanol–water partition coefficient (Wildman–Crippen LogP) is 2.87. The fourth-order valence-corrected chi connectivity index (χ4v) is 2.46. The maximum Gasteiger partial charge on any atom is 0.241 e. The van der Waals surface area contributed by atoms with Gasteiger partial charge in [0, 0.05) is 12.2 Å². The summed E-state index contributed by atoms with van der Waals surface area (Å²) in [6.45, 7) is 5.73. The SMILES string of the molecule is CC(C(=O)Nc1ccc2ccccc2c1)N(C)CC(C)(C)O. The number of carbonyl (C=O) groups excluding carboxylic acids is 1. The van der Waals surface area contributed by atoms with Crippen molar-refractivity contribution in [3.63, 3.8) is 0 Å². The summed E-state index contributed by atoms with van der Waals surface area (Å²) < 4.78 is 0. The zero-order chi connectivity index (χ0) is 16.3. The van der Waals surface area contributed by atoms with Crippen LogP contribution in [0.25, 0.3) is 10.8 Å². The van der Waals surface area contributed by atoms with E-state index in [9.17, 15) is 9.90 Å². The fourth-order valence-electron chi connectivity index (χ4n) is 2.46. The Morgan fingerprint density at radius 3 is 2.50 bits per heavy atom. The van der Waals surface area contributed by atoms with Crippen molar-refractivity contribution in [3.8, 4) is 0 Å². The third-order valence-corrected chi connectivity index (χ3v) is 3.69. The lowest BCUT2D eigenvalue weighted by molar-refractivity contribution is -0.121. The average molecular weight is 300 g/mol. The summed E-state index contributed by atoms with van der Waals surface area (Å²) in [7, 11) is 1.84. The molecule has 1 amide bonds. The second-order valence-electron chi connectivity index (χ2n) is 6.45. The standard InChI is InChI=1S/C18H24N2O2/c1-13(20(4)12-18(2,3)22)17(21)19-16-10-9-14-7-5-6-8-15(14)11-16/h5-11,13,22H,12H2,1-4H3,(H,19,21). The van der Waals surface area contributed by atoms with Crippen LogP contribution < -0.4 is 5.32 Å². The van der Waals surface area contributed by atoms with Gasteiger partial charge < -0.3 is 10.4 Å². The van der Waals surface area contributed by atoms with Gasteiger partial charge in [0.05, 0.1) is 11.6 Å². The molecule has 118 valence electrons. The van der Waals surface area contributed by atoms with Gasteiger partial charge in [-0.25, -0.2) is 0 Å². The van der Waals surface area contributed by atoms with E-state index in [-0.39, 0.29) is 11.9 Å². The van der Waals surface area contributed by atoms with Crippen LogP contribution in [-0.4, -0.2) is 41.1 Å². The van der Waals surface area contributed by atoms with E-state index in [1.807, 2.05) is 61.3 Å². The van der Waals surface area contributed by atoms with Crippen LogP contribution in [0.3, 0.4) is 0 Å². The molecule has 0 bridgehead atoms. The van der Waals surface area contributed by atoms with E-state index in [4.69, 9.17) is 0 Å². The van der Waals surface area contributed by atoms with Crippen molar-refractivity contribution in [2.24, 2.45) is 0 Å². The minimum Gasteiger partial charge on any atom is -0.389 e. The van der Waals surface area contributed by atoms with E-state index in [0.29, 0.717) is 6.54 Å². The number of fused-ring (bicyclic) bond motifs is 1. The molecule has 0 aliphatic carbocycles. The maximum absolute atomic E-state index is 12.3. The molecular weight excluding hydrogens is 276 g/mol. The largest absolute Gasteiger partial charge is 0.389 e. The number of benzene rings is 2. The summed E-state index contributed by atoms with van der Waals surface area (Å²) in [4.78, 5) is 14.2. The fraction of sp³-hybridized carbons (Fsp3) is 0.389. The molecule has 0 fully saturated rings. The highest BCUT2D eigenvalue weighted by atomic mass is 16.3. The number of nitrogens with zero attached hydrogens (tertiary/aromatic N) is 1. The summed E-state index contributed by atoms with van der Waals surface area (Å²) in [5, 5.41) is 15.0. The quantitative estimate of drug-likeness (QED) is 0.893. The number of hydrogen-bond acceptors (Lipinski definition) is 3. The number of anilines is 1. The summed E-state index contributed by atoms with van der Waals surface area (Å²) >= 11 is 0. The van der Waals surface area contributed by atoms with Crippen LogP contribution >= 0.6 is 0 Å². The van der Waals surface area contributed by atoms with E-state index in [1.54, 1.807) is 13.8 Å². The molecule has 0 saturated heterocycles. The highest BCUT2D eigenvalue weighted by Crippen LogP contribution is 2.19. The van der Waals surface area contributed by atoms with Crippen LogP contribution in [0.2, 0.25) is 0 Å². The Balaban J connectivity index is 2.06. The monoisotopic (exact) mass is 300 g/mol. The van der Waals surface area contributed by atoms with Crippen LogP contribution in [-0.2, 0) is 4.79 Å². The first-order valence-corrected chi connectivity index (χ1v) is 7.48. The Labute approximate surface area is 131 Å². The Morgan fingerprint density at radius 1 is 1.23 bits per heavy atom. The van der Waals surface area contributed by atoms with Crippen LogP contribution in [0.5, 0.6) is 0 Å². The number of carbonyl (C=O) groups is 1. The topological polar surface area (TPSA) is 52.6 Å². The van der Waals surface area contributed by atoms with Crippen LogP contribution in [0.1, 0.15) is 20.8 Å². The molecular formula is C18H24N2O2. The highest BCUT2D eigenvalue weighted by Gasteiger charge is 2.23. The predicted molar refractivity (Wildman–Crippen MR) is 91.0 cm³/mol. The Morgan fingerprint density at radius 2 is 1.86 bits per heavy atom. The third-order valence-electron chi connectivity index (χ3n) is 3.69. The average Bonchev–Trinajstić information content (AvgIpc) is 2.44. The molecule has 0 heterocycles. The van der Waals surface area contributed by atoms with E-state index >= 15 is 0 Å². The Kier molecular flexibility index (Phi) is 4.84. The van der Waals surface area contributed by atoms with Gasteiger partial charge in [-0.05, 0) is 50.7 Å². The van der Waals surface area contributed by atoms with Crippen molar-refractivity contribution in [1.29, 1.82) is 0 Å². The second-order valence-corrected chi connectivity index (χ2v) is 6.45. The van der Waals surface area contributed by atoms with Gasteiger partial charge in [-0.15, -0.1) is 0 Å². The van der Waals surface area contributed by atoms with Gasteiger partial charge in [-0.1, -0.05) is 30.3 Å². The van der Waals surface area contributed by atoms with E-state index in [1.165, 1.54) is 0 Å². The van der Waals surface area contributed by atoms with Crippen molar-refractivity contribution >= 4 is 22.4 Å². The summed E-state index contributed by atoms with van der Waals surface area (Å²) in [5.74, 6) is -0.0815. The maximum atomic E-state index is 12.3. The molecule has 22 heavy (non-hydrogen) atoms. The molecule has 4 heteroatoms. The highest BCUT2D eigenvalue weighted by molar-refractivity contribution is 5.97. The van der Waals surface area contributed by atoms with Gasteiger partial charge in [-0.3, -0.25) is 9.69 Å². The molecule has 2 rings (SSSR count). The van der Waals surface area contributed by atoms with E-state index in [2.05, 4.69) is 5.32 Å². The van der Waals surface area contributed by atoms with Gasteiger partial charge in [0.25, 0.3) is 0 Å². The second kappa shape index (κ2) is 6.46. The summed E-state index contributed by atoms with van der Waals surface area (Å²) in [6.07, 6.45) is 0. The summed E-state index contributed by atoms with van der Waals surface area (Å²) in [6, 6.07) is 13.6. The molecule has 0 radical (unpaired) electrons. The lowest BCUT2D eigenvalue weighted by Gasteiger charge is -2.29. The first kappa shape index (κ1) is 16.5. The molecule has 0 saturated carbocycles. The number of nitrogens with one attached hydrogen (secondary N) is 1. The molecule has 0 aliphatic rings. The zero-order valence-corrected chi connectivity index (χ0v) is 13.6. The number of hydrogen-bond donors (Lipinski definition) is 2. The molecule has 1 atom stereocenters. The van der Waals surface area contributed by atoms with Crippen molar-refractivity contribution in [2.45, 2.75) is 32.4 Å². The third kappa shape index (κ3) is 4.29. The van der Waals surface area contributed by atoms with Gasteiger partial charge in [0.1, 0.15) is 0 Å². The van der Waals surface area contributed by atoms with Crippen LogP contribution in [0, 0.1) is 0 Å². The Hall–Kier alpha value is -1.91. The molecule has 0 aromatic heterocycles. The van der Waals surface area contributed by atoms with E-state index < -0.39 is 5.60 Å². The molecule has 2 aromatic carbocycles.